The molecule has 1 aromatic heterocycles. The molecule has 1 amide bonds. The van der Waals surface area contributed by atoms with Gasteiger partial charge in [-0.3, -0.25) is 4.79 Å². The van der Waals surface area contributed by atoms with Crippen LogP contribution in [0.25, 0.3) is 0 Å². The first-order valence-electron chi connectivity index (χ1n) is 5.59. The molecule has 1 unspecified atom stereocenters. The number of hydrogen-bond donors (Lipinski definition) is 0. The van der Waals surface area contributed by atoms with E-state index in [1.165, 1.54) is 17.3 Å². The van der Waals surface area contributed by atoms with E-state index in [2.05, 4.69) is 16.8 Å². The van der Waals surface area contributed by atoms with Gasteiger partial charge in [-0.25, -0.2) is 0 Å². The molecule has 2 heterocycles. The van der Waals surface area contributed by atoms with Gasteiger partial charge in [0.2, 0.25) is 5.91 Å². The standard InChI is InChI=1S/C12H14N2OS2/c13-4-7-17-9-12(15)14-5-1-2-11(14)10-3-6-16-8-10/h3,6,8,11H,1-2,5,7,9H2. The highest BCUT2D eigenvalue weighted by molar-refractivity contribution is 8.00. The lowest BCUT2D eigenvalue weighted by Crippen LogP contribution is -2.31. The van der Waals surface area contributed by atoms with Gasteiger partial charge in [0.05, 0.1) is 23.6 Å². The number of carbonyl (C=O) groups excluding carboxylic acids is 1. The van der Waals surface area contributed by atoms with E-state index < -0.39 is 0 Å². The summed E-state index contributed by atoms with van der Waals surface area (Å²) in [6, 6.07) is 4.41. The second kappa shape index (κ2) is 6.08. The number of rotatable bonds is 4. The van der Waals surface area contributed by atoms with E-state index in [-0.39, 0.29) is 11.9 Å². The maximum Gasteiger partial charge on any atom is 0.233 e. The summed E-state index contributed by atoms with van der Waals surface area (Å²) >= 11 is 3.07. The molecule has 0 bridgehead atoms. The molecule has 0 saturated carbocycles. The zero-order valence-electron chi connectivity index (χ0n) is 9.46. The molecule has 5 heteroatoms. The highest BCUT2D eigenvalue weighted by Crippen LogP contribution is 2.33. The molecular formula is C12H14N2OS2. The number of thioether (sulfide) groups is 1. The normalized spacial score (nSPS) is 19.2. The zero-order chi connectivity index (χ0) is 12.1. The van der Waals surface area contributed by atoms with Crippen LogP contribution in [0.1, 0.15) is 24.4 Å². The van der Waals surface area contributed by atoms with E-state index in [0.717, 1.165) is 19.4 Å². The number of thiophene rings is 1. The van der Waals surface area contributed by atoms with Crippen molar-refractivity contribution in [2.24, 2.45) is 0 Å². The highest BCUT2D eigenvalue weighted by Gasteiger charge is 2.29. The monoisotopic (exact) mass is 266 g/mol. The first kappa shape index (κ1) is 12.5. The van der Waals surface area contributed by atoms with Crippen LogP contribution in [0.15, 0.2) is 16.8 Å². The molecule has 0 aromatic carbocycles. The van der Waals surface area contributed by atoms with Crippen molar-refractivity contribution in [3.8, 4) is 6.07 Å². The highest BCUT2D eigenvalue weighted by atomic mass is 32.2. The number of carbonyl (C=O) groups is 1. The second-order valence-corrected chi connectivity index (χ2v) is 5.72. The lowest BCUT2D eigenvalue weighted by atomic mass is 10.1. The summed E-state index contributed by atoms with van der Waals surface area (Å²) in [5.41, 5.74) is 1.26. The molecule has 17 heavy (non-hydrogen) atoms. The number of hydrogen-bond acceptors (Lipinski definition) is 4. The Morgan fingerprint density at radius 3 is 3.29 bits per heavy atom. The molecule has 1 atom stereocenters. The molecular weight excluding hydrogens is 252 g/mol. The third-order valence-corrected chi connectivity index (χ3v) is 4.38. The number of nitrogens with zero attached hydrogens (tertiary/aromatic N) is 2. The number of amides is 1. The average Bonchev–Trinajstić information content (AvgIpc) is 2.99. The minimum atomic E-state index is 0.166. The third kappa shape index (κ3) is 3.02. The Bertz CT molecular complexity index is 411. The summed E-state index contributed by atoms with van der Waals surface area (Å²) in [7, 11) is 0. The lowest BCUT2D eigenvalue weighted by molar-refractivity contribution is -0.129. The van der Waals surface area contributed by atoms with Gasteiger partial charge in [-0.15, -0.1) is 11.8 Å². The number of likely N-dealkylation sites (tertiary alicyclic amines) is 1. The molecule has 1 aliphatic heterocycles. The van der Waals surface area contributed by atoms with Crippen LogP contribution in [0, 0.1) is 11.3 Å². The Hall–Kier alpha value is -0.990. The fraction of sp³-hybridized carbons (Fsp3) is 0.500. The summed E-state index contributed by atoms with van der Waals surface area (Å²) in [5, 5.41) is 12.6. The molecule has 3 nitrogen and oxygen atoms in total. The maximum atomic E-state index is 12.0. The molecule has 1 aliphatic rings. The molecule has 1 fully saturated rings. The molecule has 1 saturated heterocycles. The van der Waals surface area contributed by atoms with Gasteiger partial charge in [-0.1, -0.05) is 0 Å². The first-order valence-corrected chi connectivity index (χ1v) is 7.69. The van der Waals surface area contributed by atoms with Crippen molar-refractivity contribution in [2.75, 3.05) is 18.1 Å². The van der Waals surface area contributed by atoms with Crippen LogP contribution in [0.3, 0.4) is 0 Å². The number of nitriles is 1. The van der Waals surface area contributed by atoms with Crippen molar-refractivity contribution in [3.05, 3.63) is 22.4 Å². The van der Waals surface area contributed by atoms with Crippen molar-refractivity contribution in [2.45, 2.75) is 18.9 Å². The van der Waals surface area contributed by atoms with Gasteiger partial charge in [0.1, 0.15) is 0 Å². The van der Waals surface area contributed by atoms with Gasteiger partial charge < -0.3 is 4.90 Å². The molecule has 0 radical (unpaired) electrons. The summed E-state index contributed by atoms with van der Waals surface area (Å²) in [4.78, 5) is 14.0. The van der Waals surface area contributed by atoms with Gasteiger partial charge in [0.15, 0.2) is 0 Å². The van der Waals surface area contributed by atoms with E-state index in [1.54, 1.807) is 11.3 Å². The van der Waals surface area contributed by atoms with E-state index >= 15 is 0 Å². The fourth-order valence-electron chi connectivity index (χ4n) is 2.14. The molecule has 90 valence electrons. The fourth-order valence-corrected chi connectivity index (χ4v) is 3.38. The van der Waals surface area contributed by atoms with Crippen LogP contribution in [0.5, 0.6) is 0 Å². The van der Waals surface area contributed by atoms with Gasteiger partial charge in [0.25, 0.3) is 0 Å². The summed E-state index contributed by atoms with van der Waals surface area (Å²) in [5.74, 6) is 0.982. The molecule has 0 aliphatic carbocycles. The Balaban J connectivity index is 1.95. The molecule has 0 N–H and O–H groups in total. The largest absolute Gasteiger partial charge is 0.335 e. The smallest absolute Gasteiger partial charge is 0.233 e. The summed E-state index contributed by atoms with van der Waals surface area (Å²) < 4.78 is 0. The van der Waals surface area contributed by atoms with Crippen LogP contribution in [-0.4, -0.2) is 28.9 Å². The van der Waals surface area contributed by atoms with Crippen LogP contribution in [-0.2, 0) is 4.79 Å². The Labute approximate surface area is 109 Å². The van der Waals surface area contributed by atoms with Crippen molar-refractivity contribution in [1.29, 1.82) is 5.26 Å². The topological polar surface area (TPSA) is 44.1 Å². The van der Waals surface area contributed by atoms with Gasteiger partial charge in [0, 0.05) is 6.54 Å². The van der Waals surface area contributed by atoms with E-state index in [9.17, 15) is 4.79 Å². The predicted molar refractivity (Wildman–Crippen MR) is 70.9 cm³/mol. The summed E-state index contributed by atoms with van der Waals surface area (Å²) in [6.45, 7) is 0.854. The quantitative estimate of drug-likeness (QED) is 0.787. The second-order valence-electron chi connectivity index (χ2n) is 3.95. The van der Waals surface area contributed by atoms with Crippen LogP contribution >= 0.6 is 23.1 Å². The maximum absolute atomic E-state index is 12.0. The van der Waals surface area contributed by atoms with E-state index in [4.69, 9.17) is 5.26 Å². The minimum Gasteiger partial charge on any atom is -0.335 e. The van der Waals surface area contributed by atoms with Gasteiger partial charge in [-0.2, -0.15) is 16.6 Å². The van der Waals surface area contributed by atoms with Crippen molar-refractivity contribution in [3.63, 3.8) is 0 Å². The third-order valence-electron chi connectivity index (χ3n) is 2.89. The Morgan fingerprint density at radius 2 is 2.59 bits per heavy atom. The molecule has 1 aromatic rings. The first-order chi connectivity index (χ1) is 8.33. The Kier molecular flexibility index (Phi) is 4.46. The van der Waals surface area contributed by atoms with Gasteiger partial charge >= 0.3 is 0 Å². The van der Waals surface area contributed by atoms with Crippen LogP contribution in [0.4, 0.5) is 0 Å². The zero-order valence-corrected chi connectivity index (χ0v) is 11.1. The van der Waals surface area contributed by atoms with E-state index in [0.29, 0.717) is 11.5 Å². The molecule has 2 rings (SSSR count). The van der Waals surface area contributed by atoms with Crippen LogP contribution < -0.4 is 0 Å². The van der Waals surface area contributed by atoms with Crippen LogP contribution in [0.2, 0.25) is 0 Å². The van der Waals surface area contributed by atoms with Crippen molar-refractivity contribution in [1.82, 2.24) is 4.90 Å². The predicted octanol–water partition coefficient (Wildman–Crippen LogP) is 2.67. The van der Waals surface area contributed by atoms with E-state index in [1.807, 2.05) is 11.0 Å². The SMILES string of the molecule is N#CCSCC(=O)N1CCCC1c1ccsc1. The van der Waals surface area contributed by atoms with Gasteiger partial charge in [-0.05, 0) is 35.2 Å². The summed E-state index contributed by atoms with van der Waals surface area (Å²) in [6.07, 6.45) is 2.14. The minimum absolute atomic E-state index is 0.166. The average molecular weight is 266 g/mol. The Morgan fingerprint density at radius 1 is 1.71 bits per heavy atom. The lowest BCUT2D eigenvalue weighted by Gasteiger charge is -2.24. The van der Waals surface area contributed by atoms with Crippen molar-refractivity contribution >= 4 is 29.0 Å². The molecule has 0 spiro atoms. The van der Waals surface area contributed by atoms with Crippen molar-refractivity contribution < 1.29 is 4.79 Å².